The van der Waals surface area contributed by atoms with Crippen LogP contribution in [0.15, 0.2) is 109 Å². The molecule has 0 atom stereocenters. The first-order valence-corrected chi connectivity index (χ1v) is 11.4. The van der Waals surface area contributed by atoms with E-state index in [-0.39, 0.29) is 11.8 Å². The van der Waals surface area contributed by atoms with Crippen LogP contribution in [0, 0.1) is 0 Å². The maximum atomic E-state index is 13.6. The van der Waals surface area contributed by atoms with Gasteiger partial charge in [0.15, 0.2) is 0 Å². The van der Waals surface area contributed by atoms with E-state index in [0.29, 0.717) is 46.1 Å². The number of anilines is 1. The first-order chi connectivity index (χ1) is 17.2. The Morgan fingerprint density at radius 1 is 0.743 bits per heavy atom. The van der Waals surface area contributed by atoms with Gasteiger partial charge in [-0.1, -0.05) is 48.6 Å². The van der Waals surface area contributed by atoms with Crippen LogP contribution >= 0.6 is 0 Å². The largest absolute Gasteiger partial charge is 0.489 e. The van der Waals surface area contributed by atoms with Gasteiger partial charge in [-0.05, 0) is 72.0 Å². The van der Waals surface area contributed by atoms with Crippen molar-refractivity contribution in [1.29, 1.82) is 0 Å². The van der Waals surface area contributed by atoms with Crippen LogP contribution in [0.1, 0.15) is 27.1 Å². The molecule has 4 aromatic rings. The Bertz CT molecular complexity index is 1520. The van der Waals surface area contributed by atoms with Crippen molar-refractivity contribution < 1.29 is 19.1 Å². The number of allylic oxidation sites excluding steroid dienone is 2. The van der Waals surface area contributed by atoms with Gasteiger partial charge in [0, 0.05) is 10.9 Å². The van der Waals surface area contributed by atoms with Crippen molar-refractivity contribution in [3.63, 3.8) is 0 Å². The number of benzene rings is 4. The molecule has 5 nitrogen and oxygen atoms in total. The van der Waals surface area contributed by atoms with Gasteiger partial charge >= 0.3 is 0 Å². The normalized spacial score (nSPS) is 14.4. The van der Waals surface area contributed by atoms with E-state index in [1.54, 1.807) is 36.4 Å². The minimum Gasteiger partial charge on any atom is -0.489 e. The van der Waals surface area contributed by atoms with Crippen molar-refractivity contribution in [2.24, 2.45) is 0 Å². The molecule has 4 aromatic carbocycles. The van der Waals surface area contributed by atoms with E-state index < -0.39 is 0 Å². The summed E-state index contributed by atoms with van der Waals surface area (Å²) in [6.45, 7) is 0.483. The molecule has 0 saturated heterocycles. The number of carbonyl (C=O) groups is 2. The van der Waals surface area contributed by atoms with Crippen LogP contribution in [-0.4, -0.2) is 18.4 Å². The summed E-state index contributed by atoms with van der Waals surface area (Å²) >= 11 is 0. The van der Waals surface area contributed by atoms with Gasteiger partial charge in [0.05, 0.1) is 11.3 Å². The second-order valence-corrected chi connectivity index (χ2v) is 8.44. The third kappa shape index (κ3) is 3.87. The summed E-state index contributed by atoms with van der Waals surface area (Å²) in [6, 6.07) is 25.5. The van der Waals surface area contributed by atoms with Crippen molar-refractivity contribution in [2.75, 3.05) is 11.5 Å². The molecular weight excluding hydrogens is 438 g/mol. The van der Waals surface area contributed by atoms with E-state index >= 15 is 0 Å². The number of imide groups is 1. The van der Waals surface area contributed by atoms with Crippen LogP contribution in [0.3, 0.4) is 0 Å². The van der Waals surface area contributed by atoms with E-state index in [0.717, 1.165) is 17.4 Å². The lowest BCUT2D eigenvalue weighted by molar-refractivity contribution is 0.0893. The summed E-state index contributed by atoms with van der Waals surface area (Å²) in [4.78, 5) is 28.2. The fraction of sp³-hybridized carbons (Fsp3) is 0.0667. The lowest BCUT2D eigenvalue weighted by Gasteiger charge is -2.27. The zero-order valence-corrected chi connectivity index (χ0v) is 18.8. The number of hydrogen-bond donors (Lipinski definition) is 0. The lowest BCUT2D eigenvalue weighted by atomic mass is 9.93. The van der Waals surface area contributed by atoms with Gasteiger partial charge in [0.2, 0.25) is 0 Å². The van der Waals surface area contributed by atoms with Gasteiger partial charge < -0.3 is 9.47 Å². The molecule has 0 saturated carbocycles. The van der Waals surface area contributed by atoms with E-state index in [2.05, 4.69) is 12.2 Å². The molecule has 0 spiro atoms. The predicted octanol–water partition coefficient (Wildman–Crippen LogP) is 6.70. The summed E-state index contributed by atoms with van der Waals surface area (Å²) in [5.74, 6) is 1.16. The third-order valence-electron chi connectivity index (χ3n) is 6.14. The minimum atomic E-state index is -0.382. The quantitative estimate of drug-likeness (QED) is 0.301. The molecule has 0 bridgehead atoms. The number of ether oxygens (including phenoxy) is 2. The number of nitrogens with zero attached hydrogens (tertiary/aromatic N) is 1. The summed E-state index contributed by atoms with van der Waals surface area (Å²) in [5, 5.41) is 1.43. The third-order valence-corrected chi connectivity index (χ3v) is 6.14. The summed E-state index contributed by atoms with van der Waals surface area (Å²) < 4.78 is 11.8. The molecule has 6 rings (SSSR count). The molecule has 0 aromatic heterocycles. The van der Waals surface area contributed by atoms with Crippen LogP contribution in [0.4, 0.5) is 5.69 Å². The number of amides is 2. The van der Waals surface area contributed by atoms with Crippen molar-refractivity contribution >= 4 is 28.3 Å². The lowest BCUT2D eigenvalue weighted by Crippen LogP contribution is -2.40. The van der Waals surface area contributed by atoms with E-state index in [1.807, 2.05) is 54.6 Å². The average Bonchev–Trinajstić information content (AvgIpc) is 3.41. The molecule has 2 amide bonds. The van der Waals surface area contributed by atoms with Crippen LogP contribution in [0.25, 0.3) is 10.8 Å². The second-order valence-electron chi connectivity index (χ2n) is 8.44. The highest BCUT2D eigenvalue weighted by atomic mass is 16.5. The first kappa shape index (κ1) is 20.9. The van der Waals surface area contributed by atoms with Gasteiger partial charge in [-0.2, -0.15) is 0 Å². The molecule has 2 aliphatic rings. The Balaban J connectivity index is 1.33. The molecule has 0 fully saturated rings. The fourth-order valence-corrected chi connectivity index (χ4v) is 4.47. The second kappa shape index (κ2) is 8.61. The summed E-state index contributed by atoms with van der Waals surface area (Å²) in [5.41, 5.74) is 2.55. The molecule has 170 valence electrons. The molecule has 1 aliphatic carbocycles. The zero-order chi connectivity index (χ0) is 23.8. The number of hydrogen-bond acceptors (Lipinski definition) is 4. The minimum absolute atomic E-state index is 0.347. The maximum Gasteiger partial charge on any atom is 0.266 e. The van der Waals surface area contributed by atoms with Gasteiger partial charge in [-0.15, -0.1) is 0 Å². The molecule has 0 radical (unpaired) electrons. The van der Waals surface area contributed by atoms with E-state index in [1.165, 1.54) is 4.90 Å². The van der Waals surface area contributed by atoms with Crippen LogP contribution in [0.2, 0.25) is 0 Å². The Morgan fingerprint density at radius 2 is 1.54 bits per heavy atom. The molecule has 5 heteroatoms. The monoisotopic (exact) mass is 459 g/mol. The van der Waals surface area contributed by atoms with Gasteiger partial charge in [0.25, 0.3) is 11.8 Å². The zero-order valence-electron chi connectivity index (χ0n) is 18.8. The molecule has 0 N–H and O–H groups in total. The molecular formula is C30H21NO4. The summed E-state index contributed by atoms with van der Waals surface area (Å²) in [6.07, 6.45) is 7.19. The van der Waals surface area contributed by atoms with Crippen LogP contribution < -0.4 is 14.4 Å². The fourth-order valence-electron chi connectivity index (χ4n) is 4.47. The highest BCUT2D eigenvalue weighted by Crippen LogP contribution is 2.37. The predicted molar refractivity (Wildman–Crippen MR) is 135 cm³/mol. The van der Waals surface area contributed by atoms with Crippen molar-refractivity contribution in [3.05, 3.63) is 120 Å². The number of para-hydroxylation sites is 1. The van der Waals surface area contributed by atoms with E-state index in [9.17, 15) is 9.59 Å². The Kier molecular flexibility index (Phi) is 5.15. The highest BCUT2D eigenvalue weighted by molar-refractivity contribution is 6.36. The first-order valence-electron chi connectivity index (χ1n) is 11.4. The molecule has 1 heterocycles. The number of carbonyl (C=O) groups excluding carboxylic acids is 2. The molecule has 0 unspecified atom stereocenters. The summed E-state index contributed by atoms with van der Waals surface area (Å²) in [7, 11) is 0. The molecule has 1 aliphatic heterocycles. The van der Waals surface area contributed by atoms with Crippen molar-refractivity contribution in [3.8, 4) is 17.2 Å². The van der Waals surface area contributed by atoms with Crippen LogP contribution in [-0.2, 0) is 0 Å². The highest BCUT2D eigenvalue weighted by Gasteiger charge is 2.34. The Morgan fingerprint density at radius 3 is 2.31 bits per heavy atom. The standard InChI is InChI=1S/C30H21NO4/c32-29-26-12-6-9-21-17-25(35-24-10-2-1-3-11-24)18-27(28(21)26)30(33)31(29)22-13-15-23(16-14-22)34-19-20-7-4-5-8-20/h1-4,6-18H,5,19H2. The Hall–Kier alpha value is -4.64. The van der Waals surface area contributed by atoms with Gasteiger partial charge in [-0.25, -0.2) is 4.90 Å². The van der Waals surface area contributed by atoms with E-state index in [4.69, 9.17) is 9.47 Å². The number of rotatable bonds is 6. The Labute approximate surface area is 202 Å². The van der Waals surface area contributed by atoms with Crippen molar-refractivity contribution in [2.45, 2.75) is 6.42 Å². The van der Waals surface area contributed by atoms with Gasteiger partial charge in [-0.3, -0.25) is 9.59 Å². The molecule has 35 heavy (non-hydrogen) atoms. The smallest absolute Gasteiger partial charge is 0.266 e. The SMILES string of the molecule is O=C1c2cccc3cc(Oc4ccccc4)cc(c23)C(=O)N1c1ccc(OCC2=CCC=C2)cc1. The van der Waals surface area contributed by atoms with Crippen LogP contribution in [0.5, 0.6) is 17.2 Å². The van der Waals surface area contributed by atoms with Crippen molar-refractivity contribution in [1.82, 2.24) is 0 Å². The topological polar surface area (TPSA) is 55.8 Å². The maximum absolute atomic E-state index is 13.6. The van der Waals surface area contributed by atoms with Gasteiger partial charge in [0.1, 0.15) is 23.9 Å². The average molecular weight is 460 g/mol.